The number of carboxylic acid groups (broad SMARTS) is 1. The van der Waals surface area contributed by atoms with Crippen molar-refractivity contribution in [3.05, 3.63) is 0 Å². The van der Waals surface area contributed by atoms with Gasteiger partial charge in [-0.05, 0) is 25.5 Å². The highest BCUT2D eigenvalue weighted by Crippen LogP contribution is 2.35. The Kier molecular flexibility index (Phi) is 7.35. The lowest BCUT2D eigenvalue weighted by Gasteiger charge is -2.44. The third kappa shape index (κ3) is 5.41. The quantitative estimate of drug-likeness (QED) is 0.757. The molecular weight excluding hydrogens is 288 g/mol. The SMILES string of the molecule is CCSCC(C)NC(=O)N(C)C1(CC(=O)O)CCCCC1. The molecule has 0 saturated heterocycles. The highest BCUT2D eigenvalue weighted by molar-refractivity contribution is 7.99. The zero-order valence-electron chi connectivity index (χ0n) is 13.4. The van der Waals surface area contributed by atoms with E-state index in [1.807, 2.05) is 6.92 Å². The first kappa shape index (κ1) is 18.1. The maximum atomic E-state index is 12.4. The van der Waals surface area contributed by atoms with Crippen molar-refractivity contribution in [2.75, 3.05) is 18.6 Å². The first-order valence-electron chi connectivity index (χ1n) is 7.75. The van der Waals surface area contributed by atoms with E-state index in [-0.39, 0.29) is 18.5 Å². The van der Waals surface area contributed by atoms with Crippen LogP contribution in [-0.2, 0) is 4.79 Å². The molecule has 1 saturated carbocycles. The fourth-order valence-electron chi connectivity index (χ4n) is 2.98. The topological polar surface area (TPSA) is 69.6 Å². The summed E-state index contributed by atoms with van der Waals surface area (Å²) >= 11 is 1.79. The van der Waals surface area contributed by atoms with E-state index in [9.17, 15) is 14.7 Å². The van der Waals surface area contributed by atoms with Crippen molar-refractivity contribution in [1.29, 1.82) is 0 Å². The van der Waals surface area contributed by atoms with Crippen LogP contribution in [-0.4, -0.2) is 52.1 Å². The Morgan fingerprint density at radius 1 is 1.33 bits per heavy atom. The second-order valence-electron chi connectivity index (χ2n) is 5.92. The highest BCUT2D eigenvalue weighted by atomic mass is 32.2. The van der Waals surface area contributed by atoms with Gasteiger partial charge in [-0.15, -0.1) is 0 Å². The third-order valence-electron chi connectivity index (χ3n) is 4.22. The number of urea groups is 1. The molecule has 5 nitrogen and oxygen atoms in total. The van der Waals surface area contributed by atoms with Gasteiger partial charge in [0.2, 0.25) is 0 Å². The minimum atomic E-state index is -0.828. The summed E-state index contributed by atoms with van der Waals surface area (Å²) in [6, 6.07) is -0.0577. The van der Waals surface area contributed by atoms with Gasteiger partial charge in [0.25, 0.3) is 0 Å². The van der Waals surface area contributed by atoms with Crippen LogP contribution in [0.4, 0.5) is 4.79 Å². The maximum absolute atomic E-state index is 12.4. The second kappa shape index (κ2) is 8.51. The lowest BCUT2D eigenvalue weighted by Crippen LogP contribution is -2.56. The van der Waals surface area contributed by atoms with Gasteiger partial charge in [-0.1, -0.05) is 26.2 Å². The summed E-state index contributed by atoms with van der Waals surface area (Å²) in [6.45, 7) is 4.08. The Morgan fingerprint density at radius 2 is 1.95 bits per heavy atom. The van der Waals surface area contributed by atoms with E-state index in [1.54, 1.807) is 23.7 Å². The van der Waals surface area contributed by atoms with E-state index < -0.39 is 11.5 Å². The molecule has 21 heavy (non-hydrogen) atoms. The van der Waals surface area contributed by atoms with Gasteiger partial charge in [-0.3, -0.25) is 4.79 Å². The minimum Gasteiger partial charge on any atom is -0.481 e. The molecule has 122 valence electrons. The van der Waals surface area contributed by atoms with Crippen LogP contribution in [0.3, 0.4) is 0 Å². The second-order valence-corrected chi connectivity index (χ2v) is 7.24. The molecule has 0 bridgehead atoms. The molecule has 0 aromatic heterocycles. The van der Waals surface area contributed by atoms with Crippen molar-refractivity contribution in [3.8, 4) is 0 Å². The standard InChI is InChI=1S/C15H28N2O3S/c1-4-21-11-12(2)16-14(20)17(3)15(10-13(18)19)8-6-5-7-9-15/h12H,4-11H2,1-3H3,(H,16,20)(H,18,19). The van der Waals surface area contributed by atoms with Crippen LogP contribution in [0.15, 0.2) is 0 Å². The number of rotatable bonds is 7. The molecular formula is C15H28N2O3S. The molecule has 1 unspecified atom stereocenters. The molecule has 1 fully saturated rings. The van der Waals surface area contributed by atoms with Gasteiger partial charge in [0.1, 0.15) is 0 Å². The number of amides is 2. The first-order chi connectivity index (χ1) is 9.91. The molecule has 2 amide bonds. The van der Waals surface area contributed by atoms with Gasteiger partial charge in [-0.25, -0.2) is 4.79 Å². The third-order valence-corrected chi connectivity index (χ3v) is 5.37. The maximum Gasteiger partial charge on any atom is 0.317 e. The number of carbonyl (C=O) groups is 2. The summed E-state index contributed by atoms with van der Waals surface area (Å²) in [6.07, 6.45) is 4.70. The Balaban J connectivity index is 2.68. The zero-order valence-corrected chi connectivity index (χ0v) is 14.2. The van der Waals surface area contributed by atoms with E-state index in [2.05, 4.69) is 12.2 Å². The van der Waals surface area contributed by atoms with Gasteiger partial charge >= 0.3 is 12.0 Å². The molecule has 0 heterocycles. The summed E-state index contributed by atoms with van der Waals surface area (Å²) < 4.78 is 0. The smallest absolute Gasteiger partial charge is 0.317 e. The molecule has 0 aromatic rings. The Morgan fingerprint density at radius 3 is 2.48 bits per heavy atom. The van der Waals surface area contributed by atoms with Gasteiger partial charge in [0.15, 0.2) is 0 Å². The number of nitrogens with one attached hydrogen (secondary N) is 1. The van der Waals surface area contributed by atoms with Gasteiger partial charge in [0.05, 0.1) is 12.0 Å². The molecule has 1 aliphatic carbocycles. The summed E-state index contributed by atoms with van der Waals surface area (Å²) in [5, 5.41) is 12.2. The van der Waals surface area contributed by atoms with Gasteiger partial charge < -0.3 is 15.3 Å². The lowest BCUT2D eigenvalue weighted by atomic mass is 9.78. The van der Waals surface area contributed by atoms with Crippen molar-refractivity contribution in [1.82, 2.24) is 10.2 Å². The fraction of sp³-hybridized carbons (Fsp3) is 0.867. The van der Waals surface area contributed by atoms with E-state index in [1.165, 1.54) is 0 Å². The van der Waals surface area contributed by atoms with Crippen LogP contribution in [0.5, 0.6) is 0 Å². The number of thioether (sulfide) groups is 1. The number of hydrogen-bond donors (Lipinski definition) is 2. The summed E-state index contributed by atoms with van der Waals surface area (Å²) in [4.78, 5) is 25.3. The average Bonchev–Trinajstić information content (AvgIpc) is 2.44. The monoisotopic (exact) mass is 316 g/mol. The molecule has 1 aliphatic rings. The fourth-order valence-corrected chi connectivity index (χ4v) is 3.65. The molecule has 0 aromatic carbocycles. The van der Waals surface area contributed by atoms with E-state index in [4.69, 9.17) is 0 Å². The zero-order chi connectivity index (χ0) is 15.9. The largest absolute Gasteiger partial charge is 0.481 e. The molecule has 2 N–H and O–H groups in total. The Labute approximate surface area is 131 Å². The van der Waals surface area contributed by atoms with E-state index >= 15 is 0 Å². The summed E-state index contributed by atoms with van der Waals surface area (Å²) in [7, 11) is 1.74. The average molecular weight is 316 g/mol. The van der Waals surface area contributed by atoms with Crippen molar-refractivity contribution < 1.29 is 14.7 Å². The van der Waals surface area contributed by atoms with Gasteiger partial charge in [-0.2, -0.15) is 11.8 Å². The summed E-state index contributed by atoms with van der Waals surface area (Å²) in [5.41, 5.74) is -0.522. The molecule has 1 rings (SSSR count). The van der Waals surface area contributed by atoms with Crippen LogP contribution < -0.4 is 5.32 Å². The molecule has 0 aliphatic heterocycles. The highest BCUT2D eigenvalue weighted by Gasteiger charge is 2.40. The minimum absolute atomic E-state index is 0.0367. The van der Waals surface area contributed by atoms with Crippen LogP contribution in [0, 0.1) is 0 Å². The number of carbonyl (C=O) groups excluding carboxylic acids is 1. The van der Waals surface area contributed by atoms with E-state index in [0.717, 1.165) is 43.6 Å². The Bertz CT molecular complexity index is 357. The number of nitrogens with zero attached hydrogens (tertiary/aromatic N) is 1. The number of carboxylic acids is 1. The first-order valence-corrected chi connectivity index (χ1v) is 8.90. The molecule has 6 heteroatoms. The van der Waals surface area contributed by atoms with E-state index in [0.29, 0.717) is 0 Å². The van der Waals surface area contributed by atoms with Gasteiger partial charge in [0, 0.05) is 18.8 Å². The van der Waals surface area contributed by atoms with Crippen molar-refractivity contribution in [2.24, 2.45) is 0 Å². The predicted molar refractivity (Wildman–Crippen MR) is 86.8 cm³/mol. The molecule has 1 atom stereocenters. The van der Waals surface area contributed by atoms with Crippen molar-refractivity contribution in [2.45, 2.75) is 64.0 Å². The van der Waals surface area contributed by atoms with Crippen molar-refractivity contribution in [3.63, 3.8) is 0 Å². The number of hydrogen-bond acceptors (Lipinski definition) is 3. The number of aliphatic carboxylic acids is 1. The lowest BCUT2D eigenvalue weighted by molar-refractivity contribution is -0.140. The van der Waals surface area contributed by atoms with Crippen LogP contribution in [0.25, 0.3) is 0 Å². The normalized spacial score (nSPS) is 18.8. The Hall–Kier alpha value is -0.910. The molecule has 0 radical (unpaired) electrons. The predicted octanol–water partition coefficient (Wildman–Crippen LogP) is 2.95. The van der Waals surface area contributed by atoms with Crippen molar-refractivity contribution >= 4 is 23.8 Å². The summed E-state index contributed by atoms with van der Waals surface area (Å²) in [5.74, 6) is 1.08. The molecule has 0 spiro atoms. The van der Waals surface area contributed by atoms with Crippen LogP contribution in [0.1, 0.15) is 52.4 Å². The van der Waals surface area contributed by atoms with Crippen LogP contribution >= 0.6 is 11.8 Å². The van der Waals surface area contributed by atoms with Crippen LogP contribution in [0.2, 0.25) is 0 Å².